The molecule has 1 amide bonds. The van der Waals surface area contributed by atoms with E-state index in [1.807, 2.05) is 13.8 Å². The van der Waals surface area contributed by atoms with Gasteiger partial charge in [0.25, 0.3) is 0 Å². The smallest absolute Gasteiger partial charge is 0.353 e. The van der Waals surface area contributed by atoms with Gasteiger partial charge in [0.05, 0.1) is 4.92 Å². The molecule has 2 aromatic rings. The van der Waals surface area contributed by atoms with Gasteiger partial charge in [0, 0.05) is 12.2 Å². The van der Waals surface area contributed by atoms with Crippen molar-refractivity contribution in [2.75, 3.05) is 5.32 Å². The zero-order valence-electron chi connectivity index (χ0n) is 13.6. The number of hydrogen-bond acceptors (Lipinski definition) is 6. The van der Waals surface area contributed by atoms with Crippen molar-refractivity contribution >= 4 is 23.1 Å². The summed E-state index contributed by atoms with van der Waals surface area (Å²) in [5, 5.41) is 16.7. The third-order valence-corrected chi connectivity index (χ3v) is 3.64. The van der Waals surface area contributed by atoms with E-state index >= 15 is 0 Å². The molecular formula is C15H19N5O4. The Labute approximate surface area is 137 Å². The molecule has 2 aromatic heterocycles. The van der Waals surface area contributed by atoms with E-state index in [-0.39, 0.29) is 23.4 Å². The van der Waals surface area contributed by atoms with E-state index in [1.54, 1.807) is 25.1 Å². The van der Waals surface area contributed by atoms with Crippen LogP contribution >= 0.6 is 0 Å². The van der Waals surface area contributed by atoms with Gasteiger partial charge in [-0.05, 0) is 32.4 Å². The number of fused-ring (bicyclic) bond motifs is 1. The zero-order valence-corrected chi connectivity index (χ0v) is 13.6. The average molecular weight is 333 g/mol. The number of hydrogen-bond donors (Lipinski definition) is 2. The number of amides is 1. The van der Waals surface area contributed by atoms with Gasteiger partial charge in [0.1, 0.15) is 11.7 Å². The number of rotatable bonds is 6. The molecule has 0 bridgehead atoms. The van der Waals surface area contributed by atoms with Crippen LogP contribution in [0, 0.1) is 10.1 Å². The molecule has 0 spiro atoms. The molecule has 0 aliphatic carbocycles. The van der Waals surface area contributed by atoms with E-state index in [9.17, 15) is 19.7 Å². The molecule has 24 heavy (non-hydrogen) atoms. The van der Waals surface area contributed by atoms with Crippen molar-refractivity contribution < 1.29 is 9.72 Å². The topological polar surface area (TPSA) is 119 Å². The Morgan fingerprint density at radius 1 is 1.42 bits per heavy atom. The molecule has 128 valence electrons. The highest BCUT2D eigenvalue weighted by Crippen LogP contribution is 2.19. The van der Waals surface area contributed by atoms with Gasteiger partial charge in [-0.3, -0.25) is 24.1 Å². The van der Waals surface area contributed by atoms with Crippen LogP contribution in [0.3, 0.4) is 0 Å². The van der Waals surface area contributed by atoms with Gasteiger partial charge in [-0.2, -0.15) is 0 Å². The molecule has 2 atom stereocenters. The van der Waals surface area contributed by atoms with Gasteiger partial charge in [-0.15, -0.1) is 0 Å². The molecule has 2 rings (SSSR count). The molecule has 0 aliphatic rings. The lowest BCUT2D eigenvalue weighted by Gasteiger charge is -2.17. The maximum atomic E-state index is 12.3. The summed E-state index contributed by atoms with van der Waals surface area (Å²) < 4.78 is 1.09. The van der Waals surface area contributed by atoms with Crippen molar-refractivity contribution in [1.29, 1.82) is 0 Å². The highest BCUT2D eigenvalue weighted by Gasteiger charge is 2.26. The lowest BCUT2D eigenvalue weighted by molar-refractivity contribution is -0.385. The third-order valence-electron chi connectivity index (χ3n) is 3.64. The third kappa shape index (κ3) is 3.50. The minimum absolute atomic E-state index is 0.0214. The van der Waals surface area contributed by atoms with Crippen LogP contribution in [0.25, 0.3) is 5.65 Å². The van der Waals surface area contributed by atoms with Crippen LogP contribution in [-0.4, -0.2) is 32.3 Å². The van der Waals surface area contributed by atoms with Crippen molar-refractivity contribution in [3.8, 4) is 0 Å². The SMILES string of the molecule is CCC(C)NC(=O)C(C)Nc1nc2ccccn2c(=O)c1[N+](=O)[O-]. The predicted octanol–water partition coefficient (Wildman–Crippen LogP) is 1.32. The number of nitrogens with one attached hydrogen (secondary N) is 2. The molecule has 0 aromatic carbocycles. The molecule has 9 heteroatoms. The number of carbonyl (C=O) groups is 1. The van der Waals surface area contributed by atoms with Gasteiger partial charge < -0.3 is 10.6 Å². The minimum Gasteiger partial charge on any atom is -0.353 e. The zero-order chi connectivity index (χ0) is 17.9. The van der Waals surface area contributed by atoms with Crippen molar-refractivity contribution in [2.45, 2.75) is 39.3 Å². The monoisotopic (exact) mass is 333 g/mol. The second-order valence-corrected chi connectivity index (χ2v) is 5.48. The van der Waals surface area contributed by atoms with Gasteiger partial charge in [0.15, 0.2) is 0 Å². The second-order valence-electron chi connectivity index (χ2n) is 5.48. The fourth-order valence-corrected chi connectivity index (χ4v) is 2.09. The van der Waals surface area contributed by atoms with E-state index in [4.69, 9.17) is 0 Å². The molecule has 0 fully saturated rings. The van der Waals surface area contributed by atoms with Crippen LogP contribution in [0.2, 0.25) is 0 Å². The summed E-state index contributed by atoms with van der Waals surface area (Å²) in [5.74, 6) is -0.545. The van der Waals surface area contributed by atoms with Gasteiger partial charge in [-0.25, -0.2) is 4.98 Å². The van der Waals surface area contributed by atoms with Gasteiger partial charge in [-0.1, -0.05) is 13.0 Å². The summed E-state index contributed by atoms with van der Waals surface area (Å²) in [6, 6.07) is 3.99. The summed E-state index contributed by atoms with van der Waals surface area (Å²) in [7, 11) is 0. The number of pyridine rings is 1. The van der Waals surface area contributed by atoms with E-state index in [1.165, 1.54) is 6.20 Å². The fourth-order valence-electron chi connectivity index (χ4n) is 2.09. The Morgan fingerprint density at radius 2 is 2.12 bits per heavy atom. The molecule has 2 N–H and O–H groups in total. The second kappa shape index (κ2) is 7.07. The summed E-state index contributed by atoms with van der Waals surface area (Å²) >= 11 is 0. The van der Waals surface area contributed by atoms with Crippen LogP contribution < -0.4 is 16.2 Å². The van der Waals surface area contributed by atoms with Crippen molar-refractivity contribution in [3.05, 3.63) is 44.9 Å². The predicted molar refractivity (Wildman–Crippen MR) is 89.1 cm³/mol. The molecule has 0 aliphatic heterocycles. The molecule has 2 heterocycles. The molecule has 2 unspecified atom stereocenters. The quantitative estimate of drug-likeness (QED) is 0.608. The van der Waals surface area contributed by atoms with Gasteiger partial charge in [0.2, 0.25) is 11.7 Å². The van der Waals surface area contributed by atoms with Crippen LogP contribution in [-0.2, 0) is 4.79 Å². The van der Waals surface area contributed by atoms with E-state index < -0.39 is 22.2 Å². The maximum absolute atomic E-state index is 12.3. The number of nitro groups is 1. The first-order valence-corrected chi connectivity index (χ1v) is 7.57. The maximum Gasteiger partial charge on any atom is 0.376 e. The molecule has 0 saturated carbocycles. The number of aromatic nitrogens is 2. The van der Waals surface area contributed by atoms with Crippen LogP contribution in [0.5, 0.6) is 0 Å². The Balaban J connectivity index is 2.41. The largest absolute Gasteiger partial charge is 0.376 e. The Hall–Kier alpha value is -2.97. The lowest BCUT2D eigenvalue weighted by Crippen LogP contribution is -2.42. The highest BCUT2D eigenvalue weighted by molar-refractivity contribution is 5.84. The highest BCUT2D eigenvalue weighted by atomic mass is 16.6. The lowest BCUT2D eigenvalue weighted by atomic mass is 10.2. The van der Waals surface area contributed by atoms with E-state index in [0.717, 1.165) is 10.8 Å². The van der Waals surface area contributed by atoms with Crippen molar-refractivity contribution in [3.63, 3.8) is 0 Å². The first-order chi connectivity index (χ1) is 11.3. The summed E-state index contributed by atoms with van der Waals surface area (Å²) in [4.78, 5) is 39.0. The fraction of sp³-hybridized carbons (Fsp3) is 0.400. The van der Waals surface area contributed by atoms with Crippen molar-refractivity contribution in [1.82, 2.24) is 14.7 Å². The van der Waals surface area contributed by atoms with Crippen LogP contribution in [0.4, 0.5) is 11.5 Å². The summed E-state index contributed by atoms with van der Waals surface area (Å²) in [5.41, 5.74) is -1.24. The first kappa shape index (κ1) is 17.4. The molecule has 9 nitrogen and oxygen atoms in total. The van der Waals surface area contributed by atoms with E-state index in [2.05, 4.69) is 15.6 Å². The van der Waals surface area contributed by atoms with Crippen molar-refractivity contribution in [2.24, 2.45) is 0 Å². The molecular weight excluding hydrogens is 314 g/mol. The summed E-state index contributed by atoms with van der Waals surface area (Å²) in [6.45, 7) is 5.34. The van der Waals surface area contributed by atoms with Crippen LogP contribution in [0.15, 0.2) is 29.2 Å². The normalized spacial score (nSPS) is 13.3. The Kier molecular flexibility index (Phi) is 5.12. The number of nitrogens with zero attached hydrogens (tertiary/aromatic N) is 3. The van der Waals surface area contributed by atoms with E-state index in [0.29, 0.717) is 0 Å². The molecule has 0 saturated heterocycles. The standard InChI is InChI=1S/C15H19N5O4/c1-4-9(2)16-14(21)10(3)17-13-12(20(23)24)15(22)19-8-6-5-7-11(19)18-13/h5-10,17H,4H2,1-3H3,(H,16,21). The number of carbonyl (C=O) groups excluding carboxylic acids is 1. The molecule has 0 radical (unpaired) electrons. The summed E-state index contributed by atoms with van der Waals surface area (Å²) in [6.07, 6.45) is 2.16. The minimum atomic E-state index is -0.803. The average Bonchev–Trinajstić information content (AvgIpc) is 2.54. The Bertz CT molecular complexity index is 832. The van der Waals surface area contributed by atoms with Gasteiger partial charge >= 0.3 is 11.2 Å². The first-order valence-electron chi connectivity index (χ1n) is 7.57. The van der Waals surface area contributed by atoms with Crippen LogP contribution in [0.1, 0.15) is 27.2 Å². The Morgan fingerprint density at radius 3 is 2.75 bits per heavy atom. The number of anilines is 1.